The molecular formula is C16H23F3N4O3S. The standard InChI is InChI=1S/C16H23F3N4O3S/c1-2-26-14(25)8-12-21-22-15(23(12)11-6-4-3-5-7-11)27-9-13(24)20-10-16(17,18)19/h11H,2-10H2,1H3,(H,20,24). The molecular weight excluding hydrogens is 385 g/mol. The zero-order valence-electron chi connectivity index (χ0n) is 15.0. The molecule has 0 aromatic carbocycles. The highest BCUT2D eigenvalue weighted by molar-refractivity contribution is 7.99. The Morgan fingerprint density at radius 3 is 2.59 bits per heavy atom. The Labute approximate surface area is 159 Å². The van der Waals surface area contributed by atoms with Gasteiger partial charge in [0.05, 0.1) is 12.4 Å². The minimum Gasteiger partial charge on any atom is -0.466 e. The Bertz CT molecular complexity index is 645. The van der Waals surface area contributed by atoms with E-state index in [0.29, 0.717) is 11.0 Å². The van der Waals surface area contributed by atoms with Crippen molar-refractivity contribution in [1.82, 2.24) is 20.1 Å². The molecule has 0 radical (unpaired) electrons. The third-order valence-electron chi connectivity index (χ3n) is 4.10. The van der Waals surface area contributed by atoms with Gasteiger partial charge in [0.25, 0.3) is 0 Å². The summed E-state index contributed by atoms with van der Waals surface area (Å²) in [6.07, 6.45) is 0.542. The lowest BCUT2D eigenvalue weighted by Gasteiger charge is -2.25. The molecule has 1 aliphatic carbocycles. The Kier molecular flexibility index (Phi) is 7.93. The number of nitrogens with zero attached hydrogens (tertiary/aromatic N) is 3. The van der Waals surface area contributed by atoms with E-state index in [1.54, 1.807) is 6.92 Å². The number of amides is 1. The number of halogens is 3. The average Bonchev–Trinajstić information content (AvgIpc) is 3.01. The molecule has 2 rings (SSSR count). The van der Waals surface area contributed by atoms with E-state index in [0.717, 1.165) is 43.9 Å². The molecule has 27 heavy (non-hydrogen) atoms. The van der Waals surface area contributed by atoms with E-state index in [4.69, 9.17) is 4.74 Å². The number of aromatic nitrogens is 3. The molecule has 0 saturated heterocycles. The molecule has 0 aliphatic heterocycles. The molecule has 0 bridgehead atoms. The Morgan fingerprint density at radius 2 is 1.96 bits per heavy atom. The van der Waals surface area contributed by atoms with Crippen molar-refractivity contribution < 1.29 is 27.5 Å². The highest BCUT2D eigenvalue weighted by Gasteiger charge is 2.28. The van der Waals surface area contributed by atoms with Gasteiger partial charge >= 0.3 is 12.1 Å². The van der Waals surface area contributed by atoms with Crippen LogP contribution in [0, 0.1) is 0 Å². The summed E-state index contributed by atoms with van der Waals surface area (Å²) < 4.78 is 43.4. The summed E-state index contributed by atoms with van der Waals surface area (Å²) in [5.41, 5.74) is 0. The van der Waals surface area contributed by atoms with Crippen LogP contribution in [0.25, 0.3) is 0 Å². The van der Waals surface area contributed by atoms with Crippen LogP contribution in [0.5, 0.6) is 0 Å². The molecule has 1 aliphatic rings. The zero-order chi connectivity index (χ0) is 19.9. The van der Waals surface area contributed by atoms with Crippen LogP contribution in [-0.2, 0) is 20.7 Å². The third kappa shape index (κ3) is 7.04. The fourth-order valence-electron chi connectivity index (χ4n) is 2.95. The summed E-state index contributed by atoms with van der Waals surface area (Å²) in [6, 6.07) is 0.110. The molecule has 11 heteroatoms. The highest BCUT2D eigenvalue weighted by Crippen LogP contribution is 2.32. The van der Waals surface area contributed by atoms with E-state index < -0.39 is 24.6 Å². The Hall–Kier alpha value is -1.78. The molecule has 1 saturated carbocycles. The van der Waals surface area contributed by atoms with Crippen molar-refractivity contribution >= 4 is 23.6 Å². The second-order valence-electron chi connectivity index (χ2n) is 6.22. The van der Waals surface area contributed by atoms with Gasteiger partial charge in [0.2, 0.25) is 5.91 Å². The first-order chi connectivity index (χ1) is 12.8. The number of hydrogen-bond donors (Lipinski definition) is 1. The lowest BCUT2D eigenvalue weighted by Crippen LogP contribution is -2.34. The molecule has 1 heterocycles. The maximum atomic E-state index is 12.2. The second kappa shape index (κ2) is 9.95. The van der Waals surface area contributed by atoms with Gasteiger partial charge in [-0.05, 0) is 19.8 Å². The zero-order valence-corrected chi connectivity index (χ0v) is 15.9. The van der Waals surface area contributed by atoms with Crippen LogP contribution in [0.4, 0.5) is 13.2 Å². The quantitative estimate of drug-likeness (QED) is 0.526. The third-order valence-corrected chi connectivity index (χ3v) is 5.04. The van der Waals surface area contributed by atoms with Gasteiger partial charge in [-0.2, -0.15) is 13.2 Å². The van der Waals surface area contributed by atoms with Gasteiger partial charge in [-0.1, -0.05) is 31.0 Å². The van der Waals surface area contributed by atoms with Crippen LogP contribution in [-0.4, -0.2) is 51.7 Å². The lowest BCUT2D eigenvalue weighted by atomic mass is 9.95. The monoisotopic (exact) mass is 408 g/mol. The van der Waals surface area contributed by atoms with Crippen LogP contribution in [0.1, 0.15) is 50.9 Å². The number of esters is 1. The number of rotatable bonds is 8. The minimum absolute atomic E-state index is 0.0296. The van der Waals surface area contributed by atoms with E-state index in [1.807, 2.05) is 9.88 Å². The number of nitrogens with one attached hydrogen (secondary N) is 1. The SMILES string of the molecule is CCOC(=O)Cc1nnc(SCC(=O)NCC(F)(F)F)n1C1CCCCC1. The van der Waals surface area contributed by atoms with Gasteiger partial charge < -0.3 is 14.6 Å². The van der Waals surface area contributed by atoms with Crippen molar-refractivity contribution in [3.05, 3.63) is 5.82 Å². The molecule has 0 unspecified atom stereocenters. The average molecular weight is 408 g/mol. The van der Waals surface area contributed by atoms with E-state index >= 15 is 0 Å². The molecule has 1 aromatic heterocycles. The van der Waals surface area contributed by atoms with Gasteiger partial charge in [-0.15, -0.1) is 10.2 Å². The van der Waals surface area contributed by atoms with Gasteiger partial charge in [0.15, 0.2) is 5.16 Å². The molecule has 152 valence electrons. The first-order valence-corrected chi connectivity index (χ1v) is 9.84. The van der Waals surface area contributed by atoms with Crippen molar-refractivity contribution in [3.63, 3.8) is 0 Å². The van der Waals surface area contributed by atoms with Crippen LogP contribution in [0.2, 0.25) is 0 Å². The summed E-state index contributed by atoms with van der Waals surface area (Å²) in [5.74, 6) is -0.900. The lowest BCUT2D eigenvalue weighted by molar-refractivity contribution is -0.142. The van der Waals surface area contributed by atoms with Crippen molar-refractivity contribution in [2.24, 2.45) is 0 Å². The van der Waals surface area contributed by atoms with Crippen molar-refractivity contribution in [1.29, 1.82) is 0 Å². The number of alkyl halides is 3. The van der Waals surface area contributed by atoms with E-state index in [-0.39, 0.29) is 24.8 Å². The van der Waals surface area contributed by atoms with Crippen molar-refractivity contribution in [2.45, 2.75) is 62.8 Å². The van der Waals surface area contributed by atoms with Crippen molar-refractivity contribution in [2.75, 3.05) is 18.9 Å². The van der Waals surface area contributed by atoms with Gasteiger partial charge in [0.1, 0.15) is 18.8 Å². The smallest absolute Gasteiger partial charge is 0.405 e. The topological polar surface area (TPSA) is 86.1 Å². The predicted octanol–water partition coefficient (Wildman–Crippen LogP) is 2.66. The normalized spacial score (nSPS) is 15.6. The van der Waals surface area contributed by atoms with Gasteiger partial charge in [-0.3, -0.25) is 9.59 Å². The van der Waals surface area contributed by atoms with E-state index in [1.165, 1.54) is 0 Å². The summed E-state index contributed by atoms with van der Waals surface area (Å²) in [6.45, 7) is 0.609. The predicted molar refractivity (Wildman–Crippen MR) is 92.3 cm³/mol. The fourth-order valence-corrected chi connectivity index (χ4v) is 3.81. The molecule has 1 fully saturated rings. The van der Waals surface area contributed by atoms with Crippen LogP contribution in [0.3, 0.4) is 0 Å². The largest absolute Gasteiger partial charge is 0.466 e. The number of carbonyl (C=O) groups excluding carboxylic acids is 2. The molecule has 0 atom stereocenters. The molecule has 1 amide bonds. The number of hydrogen-bond acceptors (Lipinski definition) is 6. The first kappa shape index (κ1) is 21.5. The van der Waals surface area contributed by atoms with Crippen LogP contribution in [0.15, 0.2) is 5.16 Å². The molecule has 0 spiro atoms. The van der Waals surface area contributed by atoms with Gasteiger partial charge in [-0.25, -0.2) is 0 Å². The van der Waals surface area contributed by atoms with E-state index in [9.17, 15) is 22.8 Å². The van der Waals surface area contributed by atoms with Crippen LogP contribution < -0.4 is 5.32 Å². The Balaban J connectivity index is 2.06. The maximum Gasteiger partial charge on any atom is 0.405 e. The van der Waals surface area contributed by atoms with Crippen LogP contribution >= 0.6 is 11.8 Å². The minimum atomic E-state index is -4.45. The molecule has 1 N–H and O–H groups in total. The summed E-state index contributed by atoms with van der Waals surface area (Å²) in [5, 5.41) is 10.4. The summed E-state index contributed by atoms with van der Waals surface area (Å²) >= 11 is 1.02. The number of ether oxygens (including phenoxy) is 1. The fraction of sp³-hybridized carbons (Fsp3) is 0.750. The maximum absolute atomic E-state index is 12.2. The van der Waals surface area contributed by atoms with Crippen molar-refractivity contribution in [3.8, 4) is 0 Å². The highest BCUT2D eigenvalue weighted by atomic mass is 32.2. The molecule has 1 aromatic rings. The summed E-state index contributed by atoms with van der Waals surface area (Å²) in [4.78, 5) is 23.5. The number of carbonyl (C=O) groups is 2. The molecule has 7 nitrogen and oxygen atoms in total. The van der Waals surface area contributed by atoms with Gasteiger partial charge in [0, 0.05) is 6.04 Å². The van der Waals surface area contributed by atoms with E-state index in [2.05, 4.69) is 10.2 Å². The Morgan fingerprint density at radius 1 is 1.26 bits per heavy atom. The summed E-state index contributed by atoms with van der Waals surface area (Å²) in [7, 11) is 0. The first-order valence-electron chi connectivity index (χ1n) is 8.85. The second-order valence-corrected chi connectivity index (χ2v) is 7.17. The number of thioether (sulfide) groups is 1.